The first-order chi connectivity index (χ1) is 17.4. The minimum absolute atomic E-state index is 0.0196. The smallest absolute Gasteiger partial charge is 0.338 e. The average molecular weight is 517 g/mol. The van der Waals surface area contributed by atoms with Crippen molar-refractivity contribution in [2.75, 3.05) is 37.5 Å². The zero-order chi connectivity index (χ0) is 26.1. The van der Waals surface area contributed by atoms with Gasteiger partial charge in [0, 0.05) is 26.3 Å². The molecule has 1 fully saturated rings. The zero-order valence-electron chi connectivity index (χ0n) is 20.4. The van der Waals surface area contributed by atoms with Crippen molar-refractivity contribution < 1.29 is 33.0 Å². The summed E-state index contributed by atoms with van der Waals surface area (Å²) in [4.78, 5) is 39.6. The second-order valence-corrected chi connectivity index (χ2v) is 9.07. The predicted octanol–water partition coefficient (Wildman–Crippen LogP) is 3.97. The molecule has 0 aliphatic carbocycles. The Balaban J connectivity index is 0.00000115. The molecule has 2 aliphatic heterocycles. The lowest BCUT2D eigenvalue weighted by atomic mass is 10.0. The fraction of sp³-hybridized carbons (Fsp3) is 0.385. The van der Waals surface area contributed by atoms with E-state index in [2.05, 4.69) is 4.90 Å². The number of hydrogen-bond acceptors (Lipinski definition) is 9. The van der Waals surface area contributed by atoms with Crippen LogP contribution < -0.4 is 4.90 Å². The Morgan fingerprint density at radius 2 is 1.94 bits per heavy atom. The van der Waals surface area contributed by atoms with E-state index in [1.165, 1.54) is 33.1 Å². The number of halogens is 1. The van der Waals surface area contributed by atoms with E-state index >= 15 is 0 Å². The van der Waals surface area contributed by atoms with E-state index in [1.807, 2.05) is 12.1 Å². The molecule has 36 heavy (non-hydrogen) atoms. The molecule has 0 bridgehead atoms. The summed E-state index contributed by atoms with van der Waals surface area (Å²) >= 11 is 1.74. The van der Waals surface area contributed by atoms with E-state index in [4.69, 9.17) is 24.0 Å². The highest BCUT2D eigenvalue weighted by atomic mass is 32.2. The van der Waals surface area contributed by atoms with Gasteiger partial charge in [0.2, 0.25) is 0 Å². The van der Waals surface area contributed by atoms with Crippen LogP contribution in [-0.4, -0.2) is 62.8 Å². The first-order valence-corrected chi connectivity index (χ1v) is 12.5. The number of ether oxygens (including phenoxy) is 3. The van der Waals surface area contributed by atoms with Gasteiger partial charge in [-0.05, 0) is 54.8 Å². The number of benzene rings is 2. The first-order valence-electron chi connectivity index (χ1n) is 11.4. The molecule has 0 aromatic heterocycles. The molecule has 0 spiro atoms. The second kappa shape index (κ2) is 13.2. The quantitative estimate of drug-likeness (QED) is 0.403. The summed E-state index contributed by atoms with van der Waals surface area (Å²) in [6.45, 7) is 3.41. The second-order valence-electron chi connectivity index (χ2n) is 8.00. The van der Waals surface area contributed by atoms with Gasteiger partial charge in [0.15, 0.2) is 6.10 Å². The molecular formula is C26H29FN2O6S. The highest BCUT2D eigenvalue weighted by Crippen LogP contribution is 2.44. The first kappa shape index (κ1) is 27.3. The molecule has 4 rings (SSSR count). The van der Waals surface area contributed by atoms with Gasteiger partial charge in [-0.15, -0.1) is 11.8 Å². The van der Waals surface area contributed by atoms with Gasteiger partial charge in [0.25, 0.3) is 0 Å². The maximum absolute atomic E-state index is 13.4. The molecule has 2 atom stereocenters. The summed E-state index contributed by atoms with van der Waals surface area (Å²) in [5.74, 6) is 0.510. The molecule has 0 saturated carbocycles. The van der Waals surface area contributed by atoms with Crippen molar-refractivity contribution in [1.82, 2.24) is 0 Å². The Hall–Kier alpha value is -3.24. The maximum Gasteiger partial charge on any atom is 0.338 e. The molecule has 8 nitrogen and oxygen atoms in total. The van der Waals surface area contributed by atoms with Crippen LogP contribution in [0.2, 0.25) is 0 Å². The lowest BCUT2D eigenvalue weighted by Crippen LogP contribution is -2.29. The summed E-state index contributed by atoms with van der Waals surface area (Å²) in [6, 6.07) is 12.0. The highest BCUT2D eigenvalue weighted by Gasteiger charge is 2.35. The summed E-state index contributed by atoms with van der Waals surface area (Å²) in [5.41, 5.74) is 3.37. The van der Waals surface area contributed by atoms with Crippen LogP contribution in [0.15, 0.2) is 47.5 Å². The average Bonchev–Trinajstić information content (AvgIpc) is 3.18. The lowest BCUT2D eigenvalue weighted by Gasteiger charge is -2.27. The number of nitrogens with zero attached hydrogens (tertiary/aromatic N) is 2. The zero-order valence-corrected chi connectivity index (χ0v) is 21.3. The minimum Gasteiger partial charge on any atom is -0.462 e. The third-order valence-corrected chi connectivity index (χ3v) is 6.61. The van der Waals surface area contributed by atoms with E-state index in [0.717, 1.165) is 34.7 Å². The number of anilines is 1. The highest BCUT2D eigenvalue weighted by molar-refractivity contribution is 8.00. The number of aldehydes is 1. The van der Waals surface area contributed by atoms with Crippen molar-refractivity contribution in [2.45, 2.75) is 31.7 Å². The monoisotopic (exact) mass is 516 g/mol. The number of amidine groups is 1. The molecule has 192 valence electrons. The molecule has 2 unspecified atom stereocenters. The lowest BCUT2D eigenvalue weighted by molar-refractivity contribution is -0.145. The summed E-state index contributed by atoms with van der Waals surface area (Å²) in [7, 11) is 1.49. The van der Waals surface area contributed by atoms with Crippen LogP contribution in [0.5, 0.6) is 0 Å². The number of carbonyl (C=O) groups is 3. The van der Waals surface area contributed by atoms with Crippen molar-refractivity contribution in [2.24, 2.45) is 4.99 Å². The molecule has 10 heteroatoms. The van der Waals surface area contributed by atoms with Gasteiger partial charge in [-0.1, -0.05) is 12.1 Å². The Morgan fingerprint density at radius 1 is 1.22 bits per heavy atom. The van der Waals surface area contributed by atoms with Crippen molar-refractivity contribution in [3.63, 3.8) is 0 Å². The third-order valence-electron chi connectivity index (χ3n) is 5.39. The van der Waals surface area contributed by atoms with Crippen LogP contribution in [0, 0.1) is 5.82 Å². The molecule has 1 saturated heterocycles. The van der Waals surface area contributed by atoms with E-state index in [1.54, 1.807) is 30.0 Å². The van der Waals surface area contributed by atoms with Crippen LogP contribution in [0.4, 0.5) is 10.1 Å². The van der Waals surface area contributed by atoms with Crippen molar-refractivity contribution in [1.29, 1.82) is 0 Å². The molecule has 2 aromatic carbocycles. The van der Waals surface area contributed by atoms with Gasteiger partial charge < -0.3 is 23.9 Å². The van der Waals surface area contributed by atoms with Crippen LogP contribution in [0.1, 0.15) is 40.7 Å². The van der Waals surface area contributed by atoms with Crippen LogP contribution in [0.25, 0.3) is 0 Å². The minimum atomic E-state index is -0.696. The van der Waals surface area contributed by atoms with Gasteiger partial charge in [-0.3, -0.25) is 9.79 Å². The number of esters is 2. The summed E-state index contributed by atoms with van der Waals surface area (Å²) in [6.07, 6.45) is 0.740. The number of hydrogen-bond donors (Lipinski definition) is 0. The molecular weight excluding hydrogens is 487 g/mol. The molecule has 2 aliphatic rings. The number of rotatable bonds is 7. The van der Waals surface area contributed by atoms with E-state index in [-0.39, 0.29) is 24.4 Å². The number of fused-ring (bicyclic) bond motifs is 3. The van der Waals surface area contributed by atoms with Crippen LogP contribution in [-0.2, 0) is 30.2 Å². The molecule has 0 N–H and O–H groups in total. The summed E-state index contributed by atoms with van der Waals surface area (Å²) < 4.78 is 29.0. The fourth-order valence-electron chi connectivity index (χ4n) is 3.88. The molecule has 0 radical (unpaired) electrons. The van der Waals surface area contributed by atoms with Gasteiger partial charge in [0.1, 0.15) is 29.9 Å². The Labute approximate surface area is 213 Å². The number of aliphatic imine (C=N–C) groups is 1. The van der Waals surface area contributed by atoms with Crippen molar-refractivity contribution in [3.8, 4) is 0 Å². The topological polar surface area (TPSA) is 94.5 Å². The van der Waals surface area contributed by atoms with E-state index < -0.39 is 18.0 Å². The SMILES string of the molecule is CC=O.COCC(COC(C)=O)OC(=O)c1ccc2c(c1)CCN=C1CSC(c3ccc(F)cc3)N12. The number of methoxy groups -OCH3 is 1. The normalized spacial score (nSPS) is 16.8. The molecule has 0 amide bonds. The van der Waals surface area contributed by atoms with Gasteiger partial charge >= 0.3 is 11.9 Å². The fourth-order valence-corrected chi connectivity index (χ4v) is 5.15. The molecule has 2 aromatic rings. The van der Waals surface area contributed by atoms with Crippen molar-refractivity contribution in [3.05, 3.63) is 65.0 Å². The number of thioether (sulfide) groups is 1. The number of carbonyl (C=O) groups excluding carboxylic acids is 3. The van der Waals surface area contributed by atoms with Crippen LogP contribution >= 0.6 is 11.8 Å². The maximum atomic E-state index is 13.4. The molecule has 2 heterocycles. The Morgan fingerprint density at radius 3 is 2.61 bits per heavy atom. The predicted molar refractivity (Wildman–Crippen MR) is 136 cm³/mol. The Bertz CT molecular complexity index is 1110. The van der Waals surface area contributed by atoms with Crippen LogP contribution in [0.3, 0.4) is 0 Å². The van der Waals surface area contributed by atoms with Gasteiger partial charge in [0.05, 0.1) is 17.9 Å². The van der Waals surface area contributed by atoms with E-state index in [0.29, 0.717) is 18.5 Å². The van der Waals surface area contributed by atoms with E-state index in [9.17, 15) is 14.0 Å². The van der Waals surface area contributed by atoms with Gasteiger partial charge in [-0.2, -0.15) is 0 Å². The largest absolute Gasteiger partial charge is 0.462 e. The van der Waals surface area contributed by atoms with Gasteiger partial charge in [-0.25, -0.2) is 9.18 Å². The third kappa shape index (κ3) is 6.92. The summed E-state index contributed by atoms with van der Waals surface area (Å²) in [5, 5.41) is -0.0196. The van der Waals surface area contributed by atoms with Crippen molar-refractivity contribution >= 4 is 41.5 Å². The standard InChI is InChI=1S/C24H25FN2O5S.C2H4O/c1-15(28)31-13-20(12-30-2)32-24(29)18-5-8-21-17(11-18)9-10-26-22-14-33-23(27(21)22)16-3-6-19(25)7-4-16;1-2-3/h3-8,11,20,23H,9-10,12-14H2,1-2H3;2H,1H3. The Kier molecular flexibility index (Phi) is 10.0.